The lowest BCUT2D eigenvalue weighted by Gasteiger charge is -2.05. The Morgan fingerprint density at radius 3 is 1.42 bits per heavy atom. The van der Waals surface area contributed by atoms with E-state index in [1.807, 2.05) is 0 Å². The molecule has 0 atom stereocenters. The Bertz CT molecular complexity index is 347. The molecule has 0 heterocycles. The van der Waals surface area contributed by atoms with E-state index in [1.54, 1.807) is 0 Å². The van der Waals surface area contributed by atoms with Crippen LogP contribution in [0, 0.1) is 0 Å². The van der Waals surface area contributed by atoms with Gasteiger partial charge in [0.2, 0.25) is 0 Å². The van der Waals surface area contributed by atoms with Crippen LogP contribution in [0.15, 0.2) is 0 Å². The highest BCUT2D eigenvalue weighted by molar-refractivity contribution is 7.81. The lowest BCUT2D eigenvalue weighted by molar-refractivity contribution is 0.215. The summed E-state index contributed by atoms with van der Waals surface area (Å²) in [6, 6.07) is 0. The molecule has 0 unspecified atom stereocenters. The second-order valence-electron chi connectivity index (χ2n) is 6.44. The van der Waals surface area contributed by atoms with E-state index in [9.17, 15) is 8.42 Å². The lowest BCUT2D eigenvalue weighted by atomic mass is 10.0. The molecule has 0 aromatic rings. The second kappa shape index (κ2) is 17.6. The Labute approximate surface area is 150 Å². The quantitative estimate of drug-likeness (QED) is 0.336. The fourth-order valence-corrected chi connectivity index (χ4v) is 3.33. The van der Waals surface area contributed by atoms with Gasteiger partial charge in [-0.1, -0.05) is 90.4 Å². The molecule has 0 aromatic carbocycles. The molecule has 0 aliphatic heterocycles. The van der Waals surface area contributed by atoms with Gasteiger partial charge in [-0.15, -0.1) is 0 Å². The van der Waals surface area contributed by atoms with Crippen LogP contribution in [0.4, 0.5) is 0 Å². The number of nitrogens with two attached hydrogens (primary N) is 1. The van der Waals surface area contributed by atoms with E-state index < -0.39 is 10.4 Å². The summed E-state index contributed by atoms with van der Waals surface area (Å²) in [5.74, 6) is 0. The summed E-state index contributed by atoms with van der Waals surface area (Å²) in [4.78, 5) is 0. The molecule has 0 bridgehead atoms. The summed E-state index contributed by atoms with van der Waals surface area (Å²) in [5.41, 5.74) is 5.18. The van der Waals surface area contributed by atoms with Crippen molar-refractivity contribution in [2.45, 2.75) is 96.8 Å². The first-order chi connectivity index (χ1) is 11.6. The van der Waals surface area contributed by atoms with Crippen molar-refractivity contribution in [1.82, 2.24) is 0 Å². The van der Waals surface area contributed by atoms with Crippen molar-refractivity contribution in [1.29, 1.82) is 0 Å². The van der Waals surface area contributed by atoms with E-state index in [-0.39, 0.29) is 19.8 Å². The highest BCUT2D eigenvalue weighted by atomic mass is 32.3. The molecule has 0 radical (unpaired) electrons. The molecule has 0 amide bonds. The zero-order chi connectivity index (χ0) is 17.9. The third kappa shape index (κ3) is 18.2. The average molecular weight is 366 g/mol. The summed E-state index contributed by atoms with van der Waals surface area (Å²) in [6.45, 7) is 2.60. The SMILES string of the molecule is CCCCCCCCCCCCCCCCOS(=O)(=O)OCCN. The van der Waals surface area contributed by atoms with E-state index in [0.717, 1.165) is 19.3 Å². The van der Waals surface area contributed by atoms with Gasteiger partial charge in [0, 0.05) is 6.54 Å². The van der Waals surface area contributed by atoms with Gasteiger partial charge >= 0.3 is 10.4 Å². The molecule has 0 aliphatic rings. The maximum Gasteiger partial charge on any atom is 0.399 e. The Kier molecular flexibility index (Phi) is 17.5. The first-order valence-electron chi connectivity index (χ1n) is 9.86. The third-order valence-electron chi connectivity index (χ3n) is 4.07. The summed E-state index contributed by atoms with van der Waals surface area (Å²) in [5, 5.41) is 0. The van der Waals surface area contributed by atoms with Gasteiger partial charge in [-0.3, -0.25) is 0 Å². The van der Waals surface area contributed by atoms with Crippen LogP contribution in [-0.2, 0) is 18.8 Å². The van der Waals surface area contributed by atoms with Crippen molar-refractivity contribution in [3.8, 4) is 0 Å². The predicted molar refractivity (Wildman–Crippen MR) is 100 cm³/mol. The van der Waals surface area contributed by atoms with Gasteiger partial charge in [-0.2, -0.15) is 8.42 Å². The monoisotopic (exact) mass is 365 g/mol. The van der Waals surface area contributed by atoms with E-state index >= 15 is 0 Å². The Balaban J connectivity index is 3.18. The van der Waals surface area contributed by atoms with Crippen molar-refractivity contribution in [3.63, 3.8) is 0 Å². The van der Waals surface area contributed by atoms with Crippen LogP contribution in [0.1, 0.15) is 96.8 Å². The summed E-state index contributed by atoms with van der Waals surface area (Å²) in [6.07, 6.45) is 17.8. The molecule has 0 aromatic heterocycles. The van der Waals surface area contributed by atoms with E-state index in [0.29, 0.717) is 0 Å². The summed E-state index contributed by atoms with van der Waals surface area (Å²) in [7, 11) is -3.84. The average Bonchev–Trinajstić information content (AvgIpc) is 2.56. The van der Waals surface area contributed by atoms with Crippen molar-refractivity contribution >= 4 is 10.4 Å². The largest absolute Gasteiger partial charge is 0.399 e. The normalized spacial score (nSPS) is 11.9. The van der Waals surface area contributed by atoms with Crippen molar-refractivity contribution in [3.05, 3.63) is 0 Å². The van der Waals surface area contributed by atoms with Crippen molar-refractivity contribution in [2.24, 2.45) is 5.73 Å². The van der Waals surface area contributed by atoms with Crippen LogP contribution in [-0.4, -0.2) is 28.2 Å². The van der Waals surface area contributed by atoms with Crippen LogP contribution >= 0.6 is 0 Å². The molecule has 0 saturated carbocycles. The molecule has 0 aliphatic carbocycles. The first kappa shape index (κ1) is 23.8. The summed E-state index contributed by atoms with van der Waals surface area (Å²) < 4.78 is 31.7. The maximum absolute atomic E-state index is 11.2. The molecular formula is C18H39NO4S. The molecule has 0 rings (SSSR count). The third-order valence-corrected chi connectivity index (χ3v) is 4.98. The minimum atomic E-state index is -3.84. The molecule has 146 valence electrons. The van der Waals surface area contributed by atoms with Gasteiger partial charge in [0.1, 0.15) is 0 Å². The molecule has 0 fully saturated rings. The maximum atomic E-state index is 11.2. The molecule has 5 nitrogen and oxygen atoms in total. The van der Waals surface area contributed by atoms with Gasteiger partial charge in [0.05, 0.1) is 13.2 Å². The Hall–Kier alpha value is -0.170. The topological polar surface area (TPSA) is 78.6 Å². The summed E-state index contributed by atoms with van der Waals surface area (Å²) >= 11 is 0. The van der Waals surface area contributed by atoms with Crippen molar-refractivity contribution < 1.29 is 16.8 Å². The molecular weight excluding hydrogens is 326 g/mol. The molecule has 0 spiro atoms. The Morgan fingerprint density at radius 1 is 0.625 bits per heavy atom. The fraction of sp³-hybridized carbons (Fsp3) is 1.00. The minimum Gasteiger partial charge on any atom is -0.328 e. The highest BCUT2D eigenvalue weighted by Crippen LogP contribution is 2.13. The van der Waals surface area contributed by atoms with E-state index in [1.165, 1.54) is 70.6 Å². The van der Waals surface area contributed by atoms with Gasteiger partial charge < -0.3 is 5.73 Å². The lowest BCUT2D eigenvalue weighted by Crippen LogP contribution is -2.16. The number of hydrogen-bond acceptors (Lipinski definition) is 5. The molecule has 24 heavy (non-hydrogen) atoms. The molecule has 0 saturated heterocycles. The number of unbranched alkanes of at least 4 members (excludes halogenated alkanes) is 13. The van der Waals surface area contributed by atoms with Gasteiger partial charge in [-0.05, 0) is 6.42 Å². The first-order valence-corrected chi connectivity index (χ1v) is 11.2. The number of hydrogen-bond donors (Lipinski definition) is 1. The second-order valence-corrected chi connectivity index (χ2v) is 7.72. The van der Waals surface area contributed by atoms with Gasteiger partial charge in [0.25, 0.3) is 0 Å². The van der Waals surface area contributed by atoms with Crippen LogP contribution in [0.2, 0.25) is 0 Å². The van der Waals surface area contributed by atoms with Crippen LogP contribution < -0.4 is 5.73 Å². The van der Waals surface area contributed by atoms with Crippen LogP contribution in [0.5, 0.6) is 0 Å². The van der Waals surface area contributed by atoms with E-state index in [2.05, 4.69) is 11.1 Å². The highest BCUT2D eigenvalue weighted by Gasteiger charge is 2.10. The van der Waals surface area contributed by atoms with Crippen molar-refractivity contribution in [2.75, 3.05) is 19.8 Å². The van der Waals surface area contributed by atoms with Gasteiger partial charge in [0.15, 0.2) is 0 Å². The zero-order valence-electron chi connectivity index (χ0n) is 15.6. The minimum absolute atomic E-state index is 0.0267. The Morgan fingerprint density at radius 2 is 1.00 bits per heavy atom. The zero-order valence-corrected chi connectivity index (χ0v) is 16.5. The molecule has 2 N–H and O–H groups in total. The predicted octanol–water partition coefficient (Wildman–Crippen LogP) is 4.70. The smallest absolute Gasteiger partial charge is 0.328 e. The standard InChI is InChI=1S/C18H39NO4S/c1-2-3-4-5-6-7-8-9-10-11-12-13-14-15-17-22-24(20,21)23-18-16-19/h2-19H2,1H3. The van der Waals surface area contributed by atoms with Crippen LogP contribution in [0.3, 0.4) is 0 Å². The van der Waals surface area contributed by atoms with Crippen LogP contribution in [0.25, 0.3) is 0 Å². The van der Waals surface area contributed by atoms with E-state index in [4.69, 9.17) is 9.92 Å². The van der Waals surface area contributed by atoms with Gasteiger partial charge in [-0.25, -0.2) is 8.37 Å². The molecule has 6 heteroatoms. The number of rotatable bonds is 19. The fourth-order valence-electron chi connectivity index (χ4n) is 2.64.